The fourth-order valence-electron chi connectivity index (χ4n) is 4.70. The van der Waals surface area contributed by atoms with Crippen LogP contribution in [0.5, 0.6) is 5.75 Å². The highest BCUT2D eigenvalue weighted by molar-refractivity contribution is 5.90. The van der Waals surface area contributed by atoms with E-state index >= 15 is 0 Å². The number of aliphatic hydroxyl groups is 7. The minimum absolute atomic E-state index is 0.266. The lowest BCUT2D eigenvalue weighted by Crippen LogP contribution is -2.63. The van der Waals surface area contributed by atoms with E-state index in [1.54, 1.807) is 26.0 Å². The Labute approximate surface area is 244 Å². The summed E-state index contributed by atoms with van der Waals surface area (Å²) in [6, 6.07) is 3.19. The van der Waals surface area contributed by atoms with E-state index in [1.165, 1.54) is 7.11 Å². The van der Waals surface area contributed by atoms with Gasteiger partial charge in [-0.1, -0.05) is 11.6 Å². The second kappa shape index (κ2) is 14.5. The van der Waals surface area contributed by atoms with Crippen molar-refractivity contribution in [2.24, 2.45) is 0 Å². The van der Waals surface area contributed by atoms with Gasteiger partial charge in [-0.05, 0) is 70.2 Å². The van der Waals surface area contributed by atoms with Crippen molar-refractivity contribution >= 4 is 5.97 Å². The fourth-order valence-corrected chi connectivity index (χ4v) is 4.70. The number of esters is 1. The molecule has 2 heterocycles. The van der Waals surface area contributed by atoms with E-state index < -0.39 is 73.5 Å². The zero-order valence-electron chi connectivity index (χ0n) is 24.5. The highest BCUT2D eigenvalue weighted by Crippen LogP contribution is 2.34. The van der Waals surface area contributed by atoms with Crippen molar-refractivity contribution in [2.45, 2.75) is 108 Å². The molecule has 0 saturated carbocycles. The third-order valence-electron chi connectivity index (χ3n) is 7.20. The van der Waals surface area contributed by atoms with Crippen LogP contribution in [0.2, 0.25) is 0 Å². The zero-order valence-corrected chi connectivity index (χ0v) is 24.5. The van der Waals surface area contributed by atoms with Gasteiger partial charge in [-0.25, -0.2) is 4.79 Å². The lowest BCUT2D eigenvalue weighted by atomic mass is 9.94. The van der Waals surface area contributed by atoms with Crippen LogP contribution in [0.4, 0.5) is 0 Å². The van der Waals surface area contributed by atoms with Crippen LogP contribution in [0, 0.1) is 0 Å². The third-order valence-corrected chi connectivity index (χ3v) is 7.20. The van der Waals surface area contributed by atoms with E-state index in [9.17, 15) is 40.5 Å². The summed E-state index contributed by atoms with van der Waals surface area (Å²) in [5, 5.41) is 72.0. The first-order valence-corrected chi connectivity index (χ1v) is 13.9. The molecule has 42 heavy (non-hydrogen) atoms. The van der Waals surface area contributed by atoms with Crippen molar-refractivity contribution in [2.75, 3.05) is 20.3 Å². The van der Waals surface area contributed by atoms with Crippen LogP contribution in [0.3, 0.4) is 0 Å². The standard InChI is InChI=1S/C29H44O13/c1-14(2)6-7-15-10-17(26(36)38-5)11-16(8-9-29(3,4)37)24(15)41-28-25(20(32)18(31)13-39-28)42-27-23(35)22(34)21(33)19(12-30)40-27/h6,10-11,18-23,25,27-28,30-35,37H,7-9,12-13H2,1-5H3. The Morgan fingerprint density at radius 2 is 1.69 bits per heavy atom. The molecule has 2 aliphatic rings. The lowest BCUT2D eigenvalue weighted by Gasteiger charge is -2.44. The molecular weight excluding hydrogens is 556 g/mol. The summed E-state index contributed by atoms with van der Waals surface area (Å²) in [4.78, 5) is 12.5. The highest BCUT2D eigenvalue weighted by Gasteiger charge is 2.49. The predicted molar refractivity (Wildman–Crippen MR) is 147 cm³/mol. The van der Waals surface area contributed by atoms with Gasteiger partial charge in [0.25, 0.3) is 0 Å². The van der Waals surface area contributed by atoms with E-state index in [0.717, 1.165) is 5.57 Å². The first kappa shape index (κ1) is 34.3. The molecule has 2 fully saturated rings. The summed E-state index contributed by atoms with van der Waals surface area (Å²) in [5.41, 5.74) is 1.32. The average Bonchev–Trinajstić information content (AvgIpc) is 2.94. The molecule has 0 spiro atoms. The van der Waals surface area contributed by atoms with Crippen LogP contribution >= 0.6 is 0 Å². The van der Waals surface area contributed by atoms with Crippen molar-refractivity contribution in [3.8, 4) is 5.75 Å². The quantitative estimate of drug-likeness (QED) is 0.124. The first-order valence-electron chi connectivity index (χ1n) is 13.9. The van der Waals surface area contributed by atoms with Gasteiger partial charge in [-0.2, -0.15) is 0 Å². The summed E-state index contributed by atoms with van der Waals surface area (Å²) in [5.74, 6) is -0.277. The number of aliphatic hydroxyl groups excluding tert-OH is 6. The molecule has 0 aromatic heterocycles. The minimum atomic E-state index is -1.77. The summed E-state index contributed by atoms with van der Waals surface area (Å²) in [6.45, 7) is 6.09. The number of ether oxygens (including phenoxy) is 5. The maximum absolute atomic E-state index is 12.5. The number of aryl methyl sites for hydroxylation is 1. The lowest BCUT2D eigenvalue weighted by molar-refractivity contribution is -0.348. The second-order valence-corrected chi connectivity index (χ2v) is 11.6. The highest BCUT2D eigenvalue weighted by atomic mass is 16.8. The third kappa shape index (κ3) is 8.47. The van der Waals surface area contributed by atoms with E-state index in [0.29, 0.717) is 29.7 Å². The smallest absolute Gasteiger partial charge is 0.337 e. The molecule has 2 aliphatic heterocycles. The van der Waals surface area contributed by atoms with Crippen molar-refractivity contribution in [1.29, 1.82) is 0 Å². The fraction of sp³-hybridized carbons (Fsp3) is 0.690. The van der Waals surface area contributed by atoms with E-state index in [2.05, 4.69) is 0 Å². The minimum Gasteiger partial charge on any atom is -0.465 e. The van der Waals surface area contributed by atoms with Gasteiger partial charge in [0.2, 0.25) is 6.29 Å². The summed E-state index contributed by atoms with van der Waals surface area (Å²) in [6.07, 6.45) is -11.1. The molecule has 0 aliphatic carbocycles. The zero-order chi connectivity index (χ0) is 31.4. The molecule has 2 saturated heterocycles. The van der Waals surface area contributed by atoms with Crippen LogP contribution in [0.1, 0.15) is 55.6 Å². The van der Waals surface area contributed by atoms with E-state index in [4.69, 9.17) is 23.7 Å². The van der Waals surface area contributed by atoms with Gasteiger partial charge in [0.05, 0.1) is 31.5 Å². The van der Waals surface area contributed by atoms with Crippen LogP contribution in [-0.4, -0.2) is 123 Å². The van der Waals surface area contributed by atoms with Crippen molar-refractivity contribution < 1.29 is 64.2 Å². The summed E-state index contributed by atoms with van der Waals surface area (Å²) >= 11 is 0. The molecule has 13 nitrogen and oxygen atoms in total. The number of methoxy groups -OCH3 is 1. The molecule has 238 valence electrons. The number of hydrogen-bond acceptors (Lipinski definition) is 13. The molecular formula is C29H44O13. The number of carbonyl (C=O) groups excluding carboxylic acids is 1. The maximum atomic E-state index is 12.5. The molecule has 13 heteroatoms. The van der Waals surface area contributed by atoms with Gasteiger partial charge in [-0.15, -0.1) is 0 Å². The van der Waals surface area contributed by atoms with Gasteiger partial charge < -0.3 is 59.4 Å². The summed E-state index contributed by atoms with van der Waals surface area (Å²) in [7, 11) is 1.27. The van der Waals surface area contributed by atoms with Gasteiger partial charge in [0, 0.05) is 0 Å². The molecule has 1 aromatic rings. The SMILES string of the molecule is COC(=O)c1cc(CC=C(C)C)c(OC2OCC(O)C(O)C2OC2OC(CO)C(O)C(O)C2O)c(CCC(C)(C)O)c1. The first-order chi connectivity index (χ1) is 19.7. The average molecular weight is 601 g/mol. The number of allylic oxidation sites excluding steroid dienone is 2. The Morgan fingerprint density at radius 1 is 1.02 bits per heavy atom. The Hall–Kier alpha value is -2.17. The number of hydrogen-bond donors (Lipinski definition) is 7. The number of carbonyl (C=O) groups is 1. The molecule has 9 atom stereocenters. The molecule has 3 rings (SSSR count). The normalized spacial score (nSPS) is 31.9. The van der Waals surface area contributed by atoms with Crippen LogP contribution in [-0.2, 0) is 31.8 Å². The van der Waals surface area contributed by atoms with Crippen molar-refractivity contribution in [1.82, 2.24) is 0 Å². The van der Waals surface area contributed by atoms with Crippen molar-refractivity contribution in [3.63, 3.8) is 0 Å². The Balaban J connectivity index is 2.03. The molecule has 9 unspecified atom stereocenters. The van der Waals surface area contributed by atoms with E-state index in [1.807, 2.05) is 19.9 Å². The second-order valence-electron chi connectivity index (χ2n) is 11.6. The van der Waals surface area contributed by atoms with Gasteiger partial charge in [0.15, 0.2) is 12.4 Å². The van der Waals surface area contributed by atoms with Crippen LogP contribution in [0.25, 0.3) is 0 Å². The Bertz CT molecular complexity index is 1080. The molecule has 0 radical (unpaired) electrons. The van der Waals surface area contributed by atoms with Crippen LogP contribution < -0.4 is 4.74 Å². The molecule has 0 bridgehead atoms. The van der Waals surface area contributed by atoms with Gasteiger partial charge >= 0.3 is 5.97 Å². The molecule has 0 amide bonds. The maximum Gasteiger partial charge on any atom is 0.337 e. The number of benzene rings is 1. The van der Waals surface area contributed by atoms with Crippen molar-refractivity contribution in [3.05, 3.63) is 40.5 Å². The summed E-state index contributed by atoms with van der Waals surface area (Å²) < 4.78 is 28.2. The van der Waals surface area contributed by atoms with E-state index in [-0.39, 0.29) is 18.6 Å². The monoisotopic (exact) mass is 600 g/mol. The molecule has 1 aromatic carbocycles. The largest absolute Gasteiger partial charge is 0.465 e. The van der Waals surface area contributed by atoms with Gasteiger partial charge in [0.1, 0.15) is 42.4 Å². The Kier molecular flexibility index (Phi) is 11.9. The van der Waals surface area contributed by atoms with Crippen LogP contribution in [0.15, 0.2) is 23.8 Å². The Morgan fingerprint density at radius 3 is 2.29 bits per heavy atom. The van der Waals surface area contributed by atoms with Gasteiger partial charge in [-0.3, -0.25) is 0 Å². The topological polar surface area (TPSA) is 205 Å². The predicted octanol–water partition coefficient (Wildman–Crippen LogP) is -0.673. The number of rotatable bonds is 11. The molecule has 7 N–H and O–H groups in total.